The van der Waals surface area contributed by atoms with Gasteiger partial charge in [-0.05, 0) is 12.5 Å². The molecule has 0 bridgehead atoms. The second kappa shape index (κ2) is 2.54. The molecule has 64 valence electrons. The SMILES string of the molecule is CC1C(F)=CC(F)=CC1C1=CC1. The van der Waals surface area contributed by atoms with Crippen LogP contribution in [0.25, 0.3) is 0 Å². The Bertz CT molecular complexity index is 297. The zero-order valence-electron chi connectivity index (χ0n) is 6.85. The molecule has 0 heterocycles. The Morgan fingerprint density at radius 2 is 2.08 bits per heavy atom. The Labute approximate surface area is 70.3 Å². The van der Waals surface area contributed by atoms with Crippen LogP contribution in [0, 0.1) is 11.8 Å². The Morgan fingerprint density at radius 3 is 2.67 bits per heavy atom. The largest absolute Gasteiger partial charge is 0.211 e. The van der Waals surface area contributed by atoms with E-state index in [9.17, 15) is 8.78 Å². The second-order valence-corrected chi connectivity index (χ2v) is 3.38. The smallest absolute Gasteiger partial charge is 0.122 e. The molecule has 2 unspecified atom stereocenters. The van der Waals surface area contributed by atoms with Gasteiger partial charge in [0, 0.05) is 17.9 Å². The fourth-order valence-electron chi connectivity index (χ4n) is 1.56. The molecule has 0 saturated heterocycles. The molecule has 2 heteroatoms. The maximum Gasteiger partial charge on any atom is 0.122 e. The first-order valence-electron chi connectivity index (χ1n) is 4.12. The van der Waals surface area contributed by atoms with Crippen LogP contribution in [0.2, 0.25) is 0 Å². The average Bonchev–Trinajstić information content (AvgIpc) is 2.79. The van der Waals surface area contributed by atoms with Crippen LogP contribution < -0.4 is 0 Å². The van der Waals surface area contributed by atoms with E-state index in [-0.39, 0.29) is 17.7 Å². The van der Waals surface area contributed by atoms with Crippen molar-refractivity contribution in [3.05, 3.63) is 35.5 Å². The minimum atomic E-state index is -0.441. The summed E-state index contributed by atoms with van der Waals surface area (Å²) in [5, 5.41) is 0. The van der Waals surface area contributed by atoms with Crippen molar-refractivity contribution in [2.45, 2.75) is 13.3 Å². The van der Waals surface area contributed by atoms with E-state index in [0.717, 1.165) is 12.5 Å². The van der Waals surface area contributed by atoms with Crippen molar-refractivity contribution < 1.29 is 8.78 Å². The van der Waals surface area contributed by atoms with E-state index >= 15 is 0 Å². The van der Waals surface area contributed by atoms with Crippen molar-refractivity contribution in [3.63, 3.8) is 0 Å². The molecule has 0 aromatic rings. The van der Waals surface area contributed by atoms with E-state index in [2.05, 4.69) is 0 Å². The topological polar surface area (TPSA) is 0 Å². The Balaban J connectivity index is 2.26. The predicted molar refractivity (Wildman–Crippen MR) is 43.7 cm³/mol. The first kappa shape index (κ1) is 7.71. The zero-order valence-corrected chi connectivity index (χ0v) is 6.85. The lowest BCUT2D eigenvalue weighted by molar-refractivity contribution is 0.418. The first-order chi connectivity index (χ1) is 5.68. The molecule has 12 heavy (non-hydrogen) atoms. The minimum Gasteiger partial charge on any atom is -0.211 e. The van der Waals surface area contributed by atoms with E-state index in [4.69, 9.17) is 0 Å². The van der Waals surface area contributed by atoms with Gasteiger partial charge in [-0.3, -0.25) is 0 Å². The predicted octanol–water partition coefficient (Wildman–Crippen LogP) is 3.29. The maximum absolute atomic E-state index is 13.0. The van der Waals surface area contributed by atoms with Gasteiger partial charge in [0.1, 0.15) is 11.7 Å². The lowest BCUT2D eigenvalue weighted by Crippen LogP contribution is -2.12. The summed E-state index contributed by atoms with van der Waals surface area (Å²) in [6.07, 6.45) is 5.42. The third-order valence-electron chi connectivity index (χ3n) is 2.46. The van der Waals surface area contributed by atoms with Crippen molar-refractivity contribution >= 4 is 0 Å². The van der Waals surface area contributed by atoms with E-state index in [1.165, 1.54) is 11.6 Å². The average molecular weight is 168 g/mol. The van der Waals surface area contributed by atoms with E-state index in [1.807, 2.05) is 6.08 Å². The van der Waals surface area contributed by atoms with Gasteiger partial charge >= 0.3 is 0 Å². The molecule has 2 rings (SSSR count). The molecule has 0 aromatic heterocycles. The first-order valence-corrected chi connectivity index (χ1v) is 4.12. The molecule has 0 spiro atoms. The molecule has 0 fully saturated rings. The van der Waals surface area contributed by atoms with Gasteiger partial charge in [-0.15, -0.1) is 0 Å². The Kier molecular flexibility index (Phi) is 1.63. The molecular weight excluding hydrogens is 158 g/mol. The lowest BCUT2D eigenvalue weighted by atomic mass is 9.86. The molecule has 0 aliphatic heterocycles. The van der Waals surface area contributed by atoms with Crippen molar-refractivity contribution in [1.29, 1.82) is 0 Å². The summed E-state index contributed by atoms with van der Waals surface area (Å²) in [6, 6.07) is 0. The second-order valence-electron chi connectivity index (χ2n) is 3.38. The number of hydrogen-bond donors (Lipinski definition) is 0. The van der Waals surface area contributed by atoms with Crippen LogP contribution in [-0.2, 0) is 0 Å². The molecule has 0 aromatic carbocycles. The van der Waals surface area contributed by atoms with Crippen LogP contribution >= 0.6 is 0 Å². The molecular formula is C10H10F2. The van der Waals surface area contributed by atoms with Gasteiger partial charge < -0.3 is 0 Å². The molecule has 2 atom stereocenters. The Morgan fingerprint density at radius 1 is 1.42 bits per heavy atom. The summed E-state index contributed by atoms with van der Waals surface area (Å²) in [5.74, 6) is -0.996. The summed E-state index contributed by atoms with van der Waals surface area (Å²) >= 11 is 0. The van der Waals surface area contributed by atoms with Gasteiger partial charge in [-0.25, -0.2) is 8.78 Å². The van der Waals surface area contributed by atoms with Crippen LogP contribution in [0.5, 0.6) is 0 Å². The molecule has 0 amide bonds. The monoisotopic (exact) mass is 168 g/mol. The molecule has 0 radical (unpaired) electrons. The van der Waals surface area contributed by atoms with Crippen molar-refractivity contribution in [1.82, 2.24) is 0 Å². The fraction of sp³-hybridized carbons (Fsp3) is 0.400. The highest BCUT2D eigenvalue weighted by molar-refractivity contribution is 5.36. The number of halogens is 2. The van der Waals surface area contributed by atoms with Crippen LogP contribution in [-0.4, -0.2) is 0 Å². The standard InChI is InChI=1S/C10H10F2/c1-6-9(7-2-3-7)4-8(11)5-10(6)12/h2,4-6,9H,3H2,1H3. The van der Waals surface area contributed by atoms with Gasteiger partial charge in [0.15, 0.2) is 0 Å². The molecule has 0 nitrogen and oxygen atoms in total. The van der Waals surface area contributed by atoms with E-state index in [1.54, 1.807) is 6.92 Å². The highest BCUT2D eigenvalue weighted by atomic mass is 19.1. The molecule has 0 N–H and O–H groups in total. The van der Waals surface area contributed by atoms with Gasteiger partial charge in [0.25, 0.3) is 0 Å². The number of hydrogen-bond acceptors (Lipinski definition) is 0. The highest BCUT2D eigenvalue weighted by Gasteiger charge is 2.30. The number of rotatable bonds is 1. The van der Waals surface area contributed by atoms with Crippen molar-refractivity contribution in [2.24, 2.45) is 11.8 Å². The van der Waals surface area contributed by atoms with Crippen molar-refractivity contribution in [2.75, 3.05) is 0 Å². The maximum atomic E-state index is 13.0. The van der Waals surface area contributed by atoms with Gasteiger partial charge in [0.05, 0.1) is 0 Å². The summed E-state index contributed by atoms with van der Waals surface area (Å²) in [5.41, 5.74) is 1.17. The van der Waals surface area contributed by atoms with Gasteiger partial charge in [-0.2, -0.15) is 0 Å². The van der Waals surface area contributed by atoms with E-state index < -0.39 is 5.83 Å². The quantitative estimate of drug-likeness (QED) is 0.527. The van der Waals surface area contributed by atoms with Crippen LogP contribution in [0.1, 0.15) is 13.3 Å². The number of allylic oxidation sites excluding steroid dienone is 6. The Hall–Kier alpha value is -0.920. The van der Waals surface area contributed by atoms with Crippen molar-refractivity contribution in [3.8, 4) is 0 Å². The van der Waals surface area contributed by atoms with E-state index in [0.29, 0.717) is 0 Å². The highest BCUT2D eigenvalue weighted by Crippen LogP contribution is 2.40. The van der Waals surface area contributed by atoms with Crippen LogP contribution in [0.3, 0.4) is 0 Å². The van der Waals surface area contributed by atoms with Gasteiger partial charge in [0.2, 0.25) is 0 Å². The molecule has 0 saturated carbocycles. The lowest BCUT2D eigenvalue weighted by Gasteiger charge is -2.20. The zero-order chi connectivity index (χ0) is 8.72. The summed E-state index contributed by atoms with van der Waals surface area (Å²) in [7, 11) is 0. The third kappa shape index (κ3) is 1.22. The summed E-state index contributed by atoms with van der Waals surface area (Å²) < 4.78 is 25.8. The van der Waals surface area contributed by atoms with Crippen LogP contribution in [0.4, 0.5) is 8.78 Å². The van der Waals surface area contributed by atoms with Crippen LogP contribution in [0.15, 0.2) is 35.5 Å². The summed E-state index contributed by atoms with van der Waals surface area (Å²) in [6.45, 7) is 1.79. The summed E-state index contributed by atoms with van der Waals surface area (Å²) in [4.78, 5) is 0. The third-order valence-corrected chi connectivity index (χ3v) is 2.46. The minimum absolute atomic E-state index is 0.0324. The fourth-order valence-corrected chi connectivity index (χ4v) is 1.56. The molecule has 2 aliphatic carbocycles. The molecule has 2 aliphatic rings. The normalized spacial score (nSPS) is 33.8. The van der Waals surface area contributed by atoms with Gasteiger partial charge in [-0.1, -0.05) is 18.6 Å².